The number of hydrogen-bond acceptors (Lipinski definition) is 11. The summed E-state index contributed by atoms with van der Waals surface area (Å²) in [6.07, 6.45) is 2.56. The van der Waals surface area contributed by atoms with Gasteiger partial charge in [0.1, 0.15) is 28.8 Å². The van der Waals surface area contributed by atoms with Gasteiger partial charge in [-0.25, -0.2) is 0 Å². The molecule has 0 bridgehead atoms. The summed E-state index contributed by atoms with van der Waals surface area (Å²) in [5, 5.41) is 7.44. The minimum Gasteiger partial charge on any atom is -0.497 e. The van der Waals surface area contributed by atoms with Crippen molar-refractivity contribution >= 4 is 5.78 Å². The molecule has 0 aliphatic carbocycles. The van der Waals surface area contributed by atoms with Gasteiger partial charge < -0.3 is 48.5 Å². The van der Waals surface area contributed by atoms with Gasteiger partial charge in [-0.15, -0.1) is 0 Å². The van der Waals surface area contributed by atoms with Gasteiger partial charge in [0, 0.05) is 47.2 Å². The first kappa shape index (κ1) is 38.6. The molecule has 6 rings (SSSR count). The third kappa shape index (κ3) is 7.74. The highest BCUT2D eigenvalue weighted by molar-refractivity contribution is 5.93. The summed E-state index contributed by atoms with van der Waals surface area (Å²) in [4.78, 5) is 15.8. The molecule has 0 aromatic heterocycles. The Morgan fingerprint density at radius 1 is 0.519 bits per heavy atom. The van der Waals surface area contributed by atoms with Crippen LogP contribution in [0.3, 0.4) is 0 Å². The van der Waals surface area contributed by atoms with Crippen molar-refractivity contribution in [3.63, 3.8) is 0 Å². The highest BCUT2D eigenvalue weighted by Crippen LogP contribution is 2.47. The number of carbonyl (C=O) groups is 1. The second-order valence-corrected chi connectivity index (χ2v) is 13.5. The summed E-state index contributed by atoms with van der Waals surface area (Å²) in [5.74, 6) is 3.91. The van der Waals surface area contributed by atoms with E-state index in [1.165, 1.54) is 0 Å². The number of nitrogens with one attached hydrogen (secondary N) is 2. The van der Waals surface area contributed by atoms with Crippen LogP contribution in [0.25, 0.3) is 0 Å². The topological polar surface area (TPSA) is 115 Å². The van der Waals surface area contributed by atoms with Crippen molar-refractivity contribution in [2.24, 2.45) is 0 Å². The van der Waals surface area contributed by atoms with Crippen molar-refractivity contribution in [1.29, 1.82) is 0 Å². The number of methoxy groups -OCH3 is 8. The summed E-state index contributed by atoms with van der Waals surface area (Å²) in [7, 11) is 13.1. The van der Waals surface area contributed by atoms with Crippen molar-refractivity contribution in [1.82, 2.24) is 10.6 Å². The highest BCUT2D eigenvalue weighted by Gasteiger charge is 2.38. The number of Topliss-reactive ketones (excluding diaryl/α,β-unsaturated/α-hetero) is 1. The molecule has 2 aliphatic rings. The highest BCUT2D eigenvalue weighted by atomic mass is 16.5. The zero-order chi connectivity index (χ0) is 38.4. The van der Waals surface area contributed by atoms with E-state index in [1.54, 1.807) is 56.9 Å². The summed E-state index contributed by atoms with van der Waals surface area (Å²) in [6.45, 7) is 1.50. The molecule has 4 aromatic carbocycles. The first-order chi connectivity index (χ1) is 26.3. The molecular weight excluding hydrogens is 688 g/mol. The summed E-state index contributed by atoms with van der Waals surface area (Å²) >= 11 is 0. The van der Waals surface area contributed by atoms with E-state index in [4.69, 9.17) is 37.9 Å². The monoisotopic (exact) mass is 740 g/mol. The Morgan fingerprint density at radius 3 is 1.24 bits per heavy atom. The fourth-order valence-corrected chi connectivity index (χ4v) is 8.08. The van der Waals surface area contributed by atoms with Gasteiger partial charge in [-0.1, -0.05) is 12.1 Å². The van der Waals surface area contributed by atoms with Crippen LogP contribution in [0.2, 0.25) is 0 Å². The molecule has 11 heteroatoms. The minimum atomic E-state index is -0.604. The molecule has 0 radical (unpaired) electrons. The fraction of sp³-hybridized carbons (Fsp3) is 0.419. The van der Waals surface area contributed by atoms with Crippen molar-refractivity contribution in [2.45, 2.75) is 49.6 Å². The molecule has 0 saturated heterocycles. The zero-order valence-corrected chi connectivity index (χ0v) is 32.5. The number of benzene rings is 4. The number of fused-ring (bicyclic) bond motifs is 2. The van der Waals surface area contributed by atoms with Crippen molar-refractivity contribution in [3.8, 4) is 46.0 Å². The van der Waals surface area contributed by atoms with Crippen LogP contribution >= 0.6 is 0 Å². The SMILES string of the molecule is COc1ccc(C(CC2NCCc3cc(OC)c(OC)cc32)C(=O)C(CC2NCCc3cc(OC)c(OC)cc32)c2ccc(OC)cc2OC)c(OC)c1. The van der Waals surface area contributed by atoms with Crippen LogP contribution in [-0.4, -0.2) is 75.8 Å². The van der Waals surface area contributed by atoms with E-state index >= 15 is 4.79 Å². The van der Waals surface area contributed by atoms with Gasteiger partial charge in [0.25, 0.3) is 0 Å². The summed E-state index contributed by atoms with van der Waals surface area (Å²) in [6, 6.07) is 19.2. The first-order valence-electron chi connectivity index (χ1n) is 18.2. The van der Waals surface area contributed by atoms with Crippen LogP contribution in [0.1, 0.15) is 70.1 Å². The van der Waals surface area contributed by atoms with Crippen LogP contribution in [0.4, 0.5) is 0 Å². The standard InChI is InChI=1S/C43H52N2O9/c1-47-27-9-11-29(37(19-27)49-3)33(21-35-31-23-41(53-7)39(51-5)17-25(31)13-15-44-35)43(46)34(30-12-10-28(48-2)20-38(30)50-4)22-36-32-24-42(54-8)40(52-6)18-26(32)14-16-45-36/h9-12,17-20,23-24,33-36,44-45H,13-16,21-22H2,1-8H3. The smallest absolute Gasteiger partial charge is 0.161 e. The molecule has 11 nitrogen and oxygen atoms in total. The Kier molecular flexibility index (Phi) is 12.4. The maximum atomic E-state index is 15.8. The molecule has 4 unspecified atom stereocenters. The lowest BCUT2D eigenvalue weighted by Gasteiger charge is -2.35. The molecule has 54 heavy (non-hydrogen) atoms. The molecule has 288 valence electrons. The van der Waals surface area contributed by atoms with Crippen LogP contribution in [0.5, 0.6) is 46.0 Å². The molecule has 0 spiro atoms. The largest absolute Gasteiger partial charge is 0.497 e. The van der Waals surface area contributed by atoms with E-state index in [9.17, 15) is 0 Å². The average Bonchev–Trinajstić information content (AvgIpc) is 3.22. The molecule has 2 N–H and O–H groups in total. The van der Waals surface area contributed by atoms with E-state index in [0.717, 1.165) is 59.3 Å². The van der Waals surface area contributed by atoms with Crippen LogP contribution in [0, 0.1) is 0 Å². The van der Waals surface area contributed by atoms with Gasteiger partial charge >= 0.3 is 0 Å². The summed E-state index contributed by atoms with van der Waals surface area (Å²) in [5.41, 5.74) is 6.02. The van der Waals surface area contributed by atoms with Crippen LogP contribution in [0.15, 0.2) is 60.7 Å². The maximum Gasteiger partial charge on any atom is 0.161 e. The number of rotatable bonds is 16. The van der Waals surface area contributed by atoms with Gasteiger partial charge in [-0.2, -0.15) is 0 Å². The van der Waals surface area contributed by atoms with Crippen molar-refractivity contribution in [2.75, 3.05) is 70.0 Å². The second kappa shape index (κ2) is 17.3. The quantitative estimate of drug-likeness (QED) is 0.127. The molecule has 0 amide bonds. The molecule has 4 aromatic rings. The summed E-state index contributed by atoms with van der Waals surface area (Å²) < 4.78 is 45.9. The molecule has 2 aliphatic heterocycles. The Hall–Kier alpha value is -5.13. The van der Waals surface area contributed by atoms with E-state index in [2.05, 4.69) is 10.6 Å². The Balaban J connectivity index is 1.50. The lowest BCUT2D eigenvalue weighted by Crippen LogP contribution is -2.35. The third-order valence-corrected chi connectivity index (χ3v) is 10.9. The van der Waals surface area contributed by atoms with Crippen molar-refractivity contribution < 1.29 is 42.7 Å². The van der Waals surface area contributed by atoms with E-state index in [-0.39, 0.29) is 17.9 Å². The Morgan fingerprint density at radius 2 is 0.889 bits per heavy atom. The number of ketones is 1. The number of ether oxygens (including phenoxy) is 8. The molecule has 0 fully saturated rings. The predicted molar refractivity (Wildman–Crippen MR) is 207 cm³/mol. The molecular formula is C43H52N2O9. The molecule has 0 saturated carbocycles. The number of carbonyl (C=O) groups excluding carboxylic acids is 1. The van der Waals surface area contributed by atoms with Crippen LogP contribution < -0.4 is 48.5 Å². The van der Waals surface area contributed by atoms with Gasteiger partial charge in [0.2, 0.25) is 0 Å². The van der Waals surface area contributed by atoms with Crippen molar-refractivity contribution in [3.05, 3.63) is 94.0 Å². The average molecular weight is 741 g/mol. The van der Waals surface area contributed by atoms with Gasteiger partial charge in [-0.05, 0) is 97.4 Å². The number of hydrogen-bond donors (Lipinski definition) is 2. The van der Waals surface area contributed by atoms with E-state index in [1.807, 2.05) is 60.7 Å². The van der Waals surface area contributed by atoms with Crippen LogP contribution in [-0.2, 0) is 17.6 Å². The zero-order valence-electron chi connectivity index (χ0n) is 32.5. The maximum absolute atomic E-state index is 15.8. The third-order valence-electron chi connectivity index (χ3n) is 10.9. The van der Waals surface area contributed by atoms with Gasteiger partial charge in [0.05, 0.1) is 56.9 Å². The Labute approximate surface area is 318 Å². The first-order valence-corrected chi connectivity index (χ1v) is 18.2. The molecule has 2 heterocycles. The second-order valence-electron chi connectivity index (χ2n) is 13.5. The Bertz CT molecular complexity index is 1810. The van der Waals surface area contributed by atoms with Gasteiger partial charge in [-0.3, -0.25) is 4.79 Å². The van der Waals surface area contributed by atoms with Gasteiger partial charge in [0.15, 0.2) is 23.0 Å². The van der Waals surface area contributed by atoms with E-state index in [0.29, 0.717) is 58.8 Å². The lowest BCUT2D eigenvalue weighted by molar-refractivity contribution is -0.122. The van der Waals surface area contributed by atoms with E-state index < -0.39 is 11.8 Å². The molecule has 4 atom stereocenters. The lowest BCUT2D eigenvalue weighted by atomic mass is 9.74. The minimum absolute atomic E-state index is 0.0331. The normalized spacial score (nSPS) is 17.3. The fourth-order valence-electron chi connectivity index (χ4n) is 8.08. The predicted octanol–water partition coefficient (Wildman–Crippen LogP) is 6.75.